The second kappa shape index (κ2) is 4.76. The van der Waals surface area contributed by atoms with E-state index in [1.54, 1.807) is 18.6 Å². The minimum Gasteiger partial charge on any atom is -0.472 e. The Balaban J connectivity index is 2.44. The van der Waals surface area contributed by atoms with Crippen LogP contribution in [0.2, 0.25) is 0 Å². The Morgan fingerprint density at radius 3 is 2.47 bits per heavy atom. The van der Waals surface area contributed by atoms with Gasteiger partial charge in [0, 0.05) is 5.56 Å². The second-order valence-electron chi connectivity index (χ2n) is 4.75. The van der Waals surface area contributed by atoms with Gasteiger partial charge in [-0.05, 0) is 30.0 Å². The second-order valence-corrected chi connectivity index (χ2v) is 4.75. The van der Waals surface area contributed by atoms with Crippen molar-refractivity contribution in [3.8, 4) is 0 Å². The molecule has 0 aliphatic rings. The Hall–Kier alpha value is -1.54. The van der Waals surface area contributed by atoms with Gasteiger partial charge in [-0.1, -0.05) is 37.6 Å². The fourth-order valence-electron chi connectivity index (χ4n) is 2.05. The van der Waals surface area contributed by atoms with Crippen LogP contribution in [-0.4, -0.2) is 5.11 Å². The molecule has 0 fully saturated rings. The van der Waals surface area contributed by atoms with Crippen molar-refractivity contribution in [2.24, 2.45) is 0 Å². The van der Waals surface area contributed by atoms with E-state index in [9.17, 15) is 5.11 Å². The van der Waals surface area contributed by atoms with Crippen LogP contribution >= 0.6 is 0 Å². The summed E-state index contributed by atoms with van der Waals surface area (Å²) in [5, 5.41) is 10.3. The number of aliphatic hydroxyl groups excluding tert-OH is 1. The van der Waals surface area contributed by atoms with Crippen LogP contribution in [0.5, 0.6) is 0 Å². The molecule has 1 unspecified atom stereocenters. The molecule has 0 aliphatic heterocycles. The maximum atomic E-state index is 10.3. The van der Waals surface area contributed by atoms with Gasteiger partial charge in [-0.2, -0.15) is 0 Å². The van der Waals surface area contributed by atoms with E-state index in [1.807, 2.05) is 12.1 Å². The summed E-state index contributed by atoms with van der Waals surface area (Å²) < 4.78 is 5.02. The first-order valence-electron chi connectivity index (χ1n) is 5.90. The van der Waals surface area contributed by atoms with E-state index in [4.69, 9.17) is 4.42 Å². The highest BCUT2D eigenvalue weighted by atomic mass is 16.3. The molecule has 90 valence electrons. The average molecular weight is 230 g/mol. The van der Waals surface area contributed by atoms with Crippen LogP contribution in [0.15, 0.2) is 41.2 Å². The number of furan rings is 1. The lowest BCUT2D eigenvalue weighted by molar-refractivity contribution is 0.217. The number of rotatable bonds is 3. The lowest BCUT2D eigenvalue weighted by atomic mass is 9.90. The summed E-state index contributed by atoms with van der Waals surface area (Å²) >= 11 is 0. The average Bonchev–Trinajstić information content (AvgIpc) is 2.81. The first-order valence-corrected chi connectivity index (χ1v) is 5.90. The molecule has 0 saturated carbocycles. The minimum atomic E-state index is -0.605. The largest absolute Gasteiger partial charge is 0.472 e. The predicted octanol–water partition coefficient (Wildman–Crippen LogP) is 3.79. The van der Waals surface area contributed by atoms with Gasteiger partial charge in [0.05, 0.1) is 12.5 Å². The maximum Gasteiger partial charge on any atom is 0.107 e. The number of hydrogen-bond acceptors (Lipinski definition) is 2. The number of aliphatic hydroxyl groups is 1. The Labute approximate surface area is 102 Å². The van der Waals surface area contributed by atoms with E-state index in [0.717, 1.165) is 11.1 Å². The van der Waals surface area contributed by atoms with E-state index >= 15 is 0 Å². The quantitative estimate of drug-likeness (QED) is 0.870. The molecular weight excluding hydrogens is 212 g/mol. The molecule has 1 aromatic carbocycles. The molecule has 1 aromatic heterocycles. The topological polar surface area (TPSA) is 33.4 Å². The third-order valence-electron chi connectivity index (χ3n) is 3.02. The zero-order valence-electron chi connectivity index (χ0n) is 10.5. The Morgan fingerprint density at radius 1 is 1.12 bits per heavy atom. The van der Waals surface area contributed by atoms with E-state index < -0.39 is 6.10 Å². The Morgan fingerprint density at radius 2 is 1.88 bits per heavy atom. The monoisotopic (exact) mass is 230 g/mol. The highest BCUT2D eigenvalue weighted by Gasteiger charge is 2.17. The summed E-state index contributed by atoms with van der Waals surface area (Å²) in [7, 11) is 0. The van der Waals surface area contributed by atoms with Crippen LogP contribution in [-0.2, 0) is 0 Å². The fraction of sp³-hybridized carbons (Fsp3) is 0.333. The lowest BCUT2D eigenvalue weighted by Gasteiger charge is -2.17. The van der Waals surface area contributed by atoms with Gasteiger partial charge in [-0.15, -0.1) is 0 Å². The van der Waals surface area contributed by atoms with Crippen molar-refractivity contribution >= 4 is 0 Å². The number of hydrogen-bond donors (Lipinski definition) is 1. The first-order chi connectivity index (χ1) is 8.09. The molecule has 0 spiro atoms. The van der Waals surface area contributed by atoms with Crippen molar-refractivity contribution in [3.63, 3.8) is 0 Å². The molecule has 0 amide bonds. The molecule has 1 heterocycles. The summed E-state index contributed by atoms with van der Waals surface area (Å²) in [6.07, 6.45) is 2.57. The molecule has 2 nitrogen and oxygen atoms in total. The van der Waals surface area contributed by atoms with Gasteiger partial charge in [0.15, 0.2) is 0 Å². The molecule has 0 radical (unpaired) electrons. The lowest BCUT2D eigenvalue weighted by Crippen LogP contribution is -2.04. The third-order valence-corrected chi connectivity index (χ3v) is 3.02. The van der Waals surface area contributed by atoms with Crippen molar-refractivity contribution in [2.75, 3.05) is 0 Å². The Bertz CT molecular complexity index is 484. The van der Waals surface area contributed by atoms with Gasteiger partial charge >= 0.3 is 0 Å². The molecule has 2 heteroatoms. The smallest absolute Gasteiger partial charge is 0.107 e. The summed E-state index contributed by atoms with van der Waals surface area (Å²) in [6, 6.07) is 7.98. The zero-order valence-corrected chi connectivity index (χ0v) is 10.5. The van der Waals surface area contributed by atoms with Gasteiger partial charge in [0.25, 0.3) is 0 Å². The van der Waals surface area contributed by atoms with Crippen LogP contribution in [0.1, 0.15) is 48.1 Å². The van der Waals surface area contributed by atoms with Crippen LogP contribution < -0.4 is 0 Å². The normalized spacial score (nSPS) is 13.0. The molecule has 0 aliphatic carbocycles. The van der Waals surface area contributed by atoms with Gasteiger partial charge < -0.3 is 9.52 Å². The van der Waals surface area contributed by atoms with Gasteiger partial charge in [-0.25, -0.2) is 0 Å². The van der Waals surface area contributed by atoms with Crippen LogP contribution in [0.3, 0.4) is 0 Å². The summed E-state index contributed by atoms with van der Waals surface area (Å²) in [6.45, 7) is 6.35. The summed E-state index contributed by atoms with van der Waals surface area (Å²) in [5.74, 6) is 0.395. The van der Waals surface area contributed by atoms with Crippen molar-refractivity contribution in [1.29, 1.82) is 0 Å². The summed E-state index contributed by atoms with van der Waals surface area (Å²) in [4.78, 5) is 0. The van der Waals surface area contributed by atoms with Crippen LogP contribution in [0.25, 0.3) is 0 Å². The number of benzene rings is 1. The van der Waals surface area contributed by atoms with Gasteiger partial charge in [-0.3, -0.25) is 0 Å². The fourth-order valence-corrected chi connectivity index (χ4v) is 2.05. The van der Waals surface area contributed by atoms with Crippen molar-refractivity contribution in [2.45, 2.75) is 32.8 Å². The molecule has 1 atom stereocenters. The number of aryl methyl sites for hydroxylation is 1. The minimum absolute atomic E-state index is 0.395. The highest BCUT2D eigenvalue weighted by molar-refractivity contribution is 5.39. The third kappa shape index (κ3) is 2.42. The van der Waals surface area contributed by atoms with Crippen molar-refractivity contribution in [1.82, 2.24) is 0 Å². The zero-order chi connectivity index (χ0) is 12.4. The van der Waals surface area contributed by atoms with Crippen molar-refractivity contribution < 1.29 is 9.52 Å². The standard InChI is InChI=1S/C15H18O2/c1-10(2)14-8-11(3)4-5-13(14)15(16)12-6-7-17-9-12/h4-10,15-16H,1-3H3. The Kier molecular flexibility index (Phi) is 3.34. The molecule has 0 saturated heterocycles. The predicted molar refractivity (Wildman–Crippen MR) is 68.0 cm³/mol. The van der Waals surface area contributed by atoms with E-state index in [1.165, 1.54) is 11.1 Å². The van der Waals surface area contributed by atoms with Crippen LogP contribution in [0.4, 0.5) is 0 Å². The van der Waals surface area contributed by atoms with Crippen molar-refractivity contribution in [3.05, 3.63) is 59.0 Å². The van der Waals surface area contributed by atoms with Gasteiger partial charge in [0.1, 0.15) is 6.10 Å². The molecular formula is C15H18O2. The molecule has 17 heavy (non-hydrogen) atoms. The van der Waals surface area contributed by atoms with E-state index in [0.29, 0.717) is 5.92 Å². The molecule has 2 aromatic rings. The van der Waals surface area contributed by atoms with E-state index in [2.05, 4.69) is 26.8 Å². The SMILES string of the molecule is Cc1ccc(C(O)c2ccoc2)c(C(C)C)c1. The highest BCUT2D eigenvalue weighted by Crippen LogP contribution is 2.30. The van der Waals surface area contributed by atoms with Crippen LogP contribution in [0, 0.1) is 6.92 Å². The maximum absolute atomic E-state index is 10.3. The molecule has 2 rings (SSSR count). The molecule has 1 N–H and O–H groups in total. The summed E-state index contributed by atoms with van der Waals surface area (Å²) in [5.41, 5.74) is 4.18. The molecule has 0 bridgehead atoms. The van der Waals surface area contributed by atoms with E-state index in [-0.39, 0.29) is 0 Å². The van der Waals surface area contributed by atoms with Gasteiger partial charge in [0.2, 0.25) is 0 Å². The first kappa shape index (κ1) is 11.9.